The van der Waals surface area contributed by atoms with Crippen molar-refractivity contribution in [1.29, 1.82) is 0 Å². The Kier molecular flexibility index (Phi) is 6.06. The van der Waals surface area contributed by atoms with Gasteiger partial charge in [-0.25, -0.2) is 0 Å². The second kappa shape index (κ2) is 8.03. The smallest absolute Gasteiger partial charge is 0.325 e. The molecule has 1 heterocycles. The van der Waals surface area contributed by atoms with E-state index in [0.717, 1.165) is 9.35 Å². The Balaban J connectivity index is 1.77. The lowest BCUT2D eigenvalue weighted by Crippen LogP contribution is -2.31. The van der Waals surface area contributed by atoms with E-state index in [9.17, 15) is 14.4 Å². The lowest BCUT2D eigenvalue weighted by Gasteiger charge is -2.06. The molecule has 1 aromatic heterocycles. The first-order chi connectivity index (χ1) is 11.0. The van der Waals surface area contributed by atoms with Gasteiger partial charge in [0.05, 0.1) is 4.88 Å². The third-order valence-corrected chi connectivity index (χ3v) is 4.39. The molecule has 2 aromatic rings. The molecule has 5 nitrogen and oxygen atoms in total. The molecule has 0 spiro atoms. The van der Waals surface area contributed by atoms with Crippen LogP contribution in [-0.4, -0.2) is 30.8 Å². The van der Waals surface area contributed by atoms with E-state index in [1.165, 1.54) is 11.3 Å². The van der Waals surface area contributed by atoms with Crippen molar-refractivity contribution in [3.8, 4) is 0 Å². The number of ketones is 1. The highest BCUT2D eigenvalue weighted by Gasteiger charge is 2.13. The van der Waals surface area contributed by atoms with Crippen LogP contribution in [0.25, 0.3) is 0 Å². The number of carbonyl (C=O) groups excluding carboxylic acids is 3. The highest BCUT2D eigenvalue weighted by atomic mass is 79.9. The Morgan fingerprint density at radius 1 is 1.22 bits per heavy atom. The maximum atomic E-state index is 11.9. The molecule has 120 valence electrons. The highest BCUT2D eigenvalue weighted by Crippen LogP contribution is 2.15. The minimum atomic E-state index is -0.657. The van der Waals surface area contributed by atoms with Gasteiger partial charge in [0.15, 0.2) is 6.61 Å². The van der Waals surface area contributed by atoms with Gasteiger partial charge in [0.1, 0.15) is 6.54 Å². The number of rotatable bonds is 6. The molecule has 0 saturated carbocycles. The number of ether oxygens (including phenoxy) is 1. The van der Waals surface area contributed by atoms with Gasteiger partial charge in [-0.2, -0.15) is 0 Å². The van der Waals surface area contributed by atoms with Crippen LogP contribution in [0.3, 0.4) is 0 Å². The largest absolute Gasteiger partial charge is 0.456 e. The molecule has 1 amide bonds. The Morgan fingerprint density at radius 2 is 2.00 bits per heavy atom. The number of hydrogen-bond donors (Lipinski definition) is 1. The number of carbonyl (C=O) groups is 3. The first kappa shape index (κ1) is 17.4. The maximum absolute atomic E-state index is 11.9. The molecular weight excluding hydrogens is 382 g/mol. The van der Waals surface area contributed by atoms with Gasteiger partial charge in [0.2, 0.25) is 5.78 Å². The van der Waals surface area contributed by atoms with Crippen molar-refractivity contribution in [2.75, 3.05) is 13.2 Å². The molecule has 0 fully saturated rings. The number of thiophene rings is 1. The number of aryl methyl sites for hydroxylation is 1. The number of benzene rings is 1. The van der Waals surface area contributed by atoms with E-state index in [2.05, 4.69) is 21.2 Å². The monoisotopic (exact) mass is 395 g/mol. The van der Waals surface area contributed by atoms with E-state index in [1.807, 2.05) is 13.0 Å². The zero-order valence-corrected chi connectivity index (χ0v) is 14.7. The predicted octanol–water partition coefficient (Wildman–Crippen LogP) is 2.97. The summed E-state index contributed by atoms with van der Waals surface area (Å²) in [6.07, 6.45) is 0. The topological polar surface area (TPSA) is 72.5 Å². The fraction of sp³-hybridized carbons (Fsp3) is 0.188. The number of nitrogens with one attached hydrogen (secondary N) is 1. The van der Waals surface area contributed by atoms with Crippen molar-refractivity contribution in [3.63, 3.8) is 0 Å². The molecule has 7 heteroatoms. The van der Waals surface area contributed by atoms with Crippen molar-refractivity contribution < 1.29 is 19.1 Å². The molecule has 0 radical (unpaired) electrons. The van der Waals surface area contributed by atoms with Crippen LogP contribution in [0.15, 0.2) is 40.9 Å². The summed E-state index contributed by atoms with van der Waals surface area (Å²) in [6.45, 7) is 1.28. The zero-order chi connectivity index (χ0) is 16.8. The van der Waals surface area contributed by atoms with Crippen LogP contribution in [0.1, 0.15) is 24.9 Å². The Bertz CT molecular complexity index is 741. The summed E-state index contributed by atoms with van der Waals surface area (Å²) < 4.78 is 5.64. The quantitative estimate of drug-likeness (QED) is 0.602. The number of Topliss-reactive ketones (excluding diaryl/α,β-unsaturated/α-hetero) is 1. The van der Waals surface area contributed by atoms with E-state index >= 15 is 0 Å². The summed E-state index contributed by atoms with van der Waals surface area (Å²) in [6, 6.07) is 10.3. The molecule has 0 saturated heterocycles. The van der Waals surface area contributed by atoms with Gasteiger partial charge in [0.25, 0.3) is 5.91 Å². The van der Waals surface area contributed by atoms with Crippen LogP contribution in [0.2, 0.25) is 0 Å². The van der Waals surface area contributed by atoms with Crippen LogP contribution >= 0.6 is 27.3 Å². The molecule has 0 atom stereocenters. The fourth-order valence-electron chi connectivity index (χ4n) is 1.74. The number of hydrogen-bond acceptors (Lipinski definition) is 5. The Hall–Kier alpha value is -1.99. The molecule has 0 unspecified atom stereocenters. The SMILES string of the molecule is Cc1ccc(C(=O)COC(=O)CNC(=O)c2cccc(Br)c2)s1. The van der Waals surface area contributed by atoms with Crippen LogP contribution in [0.4, 0.5) is 0 Å². The van der Waals surface area contributed by atoms with Gasteiger partial charge < -0.3 is 10.1 Å². The van der Waals surface area contributed by atoms with E-state index in [0.29, 0.717) is 10.4 Å². The summed E-state index contributed by atoms with van der Waals surface area (Å²) in [5.41, 5.74) is 0.428. The zero-order valence-electron chi connectivity index (χ0n) is 12.3. The van der Waals surface area contributed by atoms with Gasteiger partial charge in [-0.05, 0) is 37.3 Å². The van der Waals surface area contributed by atoms with Crippen LogP contribution < -0.4 is 5.32 Å². The number of esters is 1. The molecule has 0 aliphatic carbocycles. The Morgan fingerprint density at radius 3 is 2.65 bits per heavy atom. The van der Waals surface area contributed by atoms with E-state index < -0.39 is 5.97 Å². The third kappa shape index (κ3) is 5.30. The van der Waals surface area contributed by atoms with Crippen molar-refractivity contribution in [3.05, 3.63) is 56.2 Å². The summed E-state index contributed by atoms with van der Waals surface area (Å²) in [7, 11) is 0. The van der Waals surface area contributed by atoms with E-state index in [4.69, 9.17) is 4.74 Å². The van der Waals surface area contributed by atoms with Gasteiger partial charge >= 0.3 is 5.97 Å². The van der Waals surface area contributed by atoms with Gasteiger partial charge in [-0.15, -0.1) is 11.3 Å². The summed E-state index contributed by atoms with van der Waals surface area (Å²) in [5, 5.41) is 2.45. The Labute approximate surface area is 145 Å². The first-order valence-corrected chi connectivity index (χ1v) is 8.35. The molecule has 23 heavy (non-hydrogen) atoms. The van der Waals surface area contributed by atoms with Crippen LogP contribution in [0.5, 0.6) is 0 Å². The molecule has 1 aromatic carbocycles. The average Bonchev–Trinajstić information content (AvgIpc) is 2.96. The molecule has 2 rings (SSSR count). The van der Waals surface area contributed by atoms with Crippen LogP contribution in [-0.2, 0) is 9.53 Å². The number of halogens is 1. The van der Waals surface area contributed by atoms with Crippen LogP contribution in [0, 0.1) is 6.92 Å². The molecule has 0 aliphatic heterocycles. The second-order valence-corrected chi connectivity index (χ2v) is 6.89. The molecular formula is C16H14BrNO4S. The average molecular weight is 396 g/mol. The van der Waals surface area contributed by atoms with Crippen molar-refractivity contribution in [1.82, 2.24) is 5.32 Å². The van der Waals surface area contributed by atoms with Gasteiger partial charge in [-0.1, -0.05) is 22.0 Å². The van der Waals surface area contributed by atoms with E-state index in [-0.39, 0.29) is 24.8 Å². The van der Waals surface area contributed by atoms with Crippen molar-refractivity contribution in [2.45, 2.75) is 6.92 Å². The summed E-state index contributed by atoms with van der Waals surface area (Å²) in [4.78, 5) is 36.8. The molecule has 1 N–H and O–H groups in total. The molecule has 0 aliphatic rings. The second-order valence-electron chi connectivity index (χ2n) is 4.69. The lowest BCUT2D eigenvalue weighted by atomic mass is 10.2. The normalized spacial score (nSPS) is 10.2. The van der Waals surface area contributed by atoms with Gasteiger partial charge in [0, 0.05) is 14.9 Å². The lowest BCUT2D eigenvalue weighted by molar-refractivity contribution is -0.141. The standard InChI is InChI=1S/C16H14BrNO4S/c1-10-5-6-14(23-10)13(19)9-22-15(20)8-18-16(21)11-3-2-4-12(17)7-11/h2-7H,8-9H2,1H3,(H,18,21). The first-order valence-electron chi connectivity index (χ1n) is 6.75. The fourth-order valence-corrected chi connectivity index (χ4v) is 2.93. The predicted molar refractivity (Wildman–Crippen MR) is 90.8 cm³/mol. The minimum Gasteiger partial charge on any atom is -0.456 e. The summed E-state index contributed by atoms with van der Waals surface area (Å²) in [5.74, 6) is -1.30. The van der Waals surface area contributed by atoms with E-state index in [1.54, 1.807) is 30.3 Å². The maximum Gasteiger partial charge on any atom is 0.325 e. The van der Waals surface area contributed by atoms with Crippen molar-refractivity contribution in [2.24, 2.45) is 0 Å². The highest BCUT2D eigenvalue weighted by molar-refractivity contribution is 9.10. The summed E-state index contributed by atoms with van der Waals surface area (Å²) >= 11 is 4.62. The third-order valence-electron chi connectivity index (χ3n) is 2.86. The number of amides is 1. The van der Waals surface area contributed by atoms with Crippen molar-refractivity contribution >= 4 is 44.9 Å². The van der Waals surface area contributed by atoms with Gasteiger partial charge in [-0.3, -0.25) is 14.4 Å². The minimum absolute atomic E-state index is 0.255. The molecule has 0 bridgehead atoms.